The smallest absolute Gasteiger partial charge is 0.0225 e. The average Bonchev–Trinajstić information content (AvgIpc) is 2.74. The van der Waals surface area contributed by atoms with Gasteiger partial charge < -0.3 is 5.11 Å². The molecule has 2 heteroatoms. The van der Waals surface area contributed by atoms with Crippen LogP contribution in [0.15, 0.2) is 48.5 Å². The summed E-state index contributed by atoms with van der Waals surface area (Å²) in [6.45, 7) is 3.79. The molecular formula is C13H16FeO-2. The minimum absolute atomic E-state index is 0. The van der Waals surface area contributed by atoms with Gasteiger partial charge in [-0.05, 0) is 6.92 Å². The third kappa shape index (κ3) is 5.58. The fourth-order valence-corrected chi connectivity index (χ4v) is 1.17. The van der Waals surface area contributed by atoms with Crippen LogP contribution in [0.5, 0.6) is 0 Å². The molecule has 1 nitrogen and oxygen atoms in total. The Morgan fingerprint density at radius 2 is 1.87 bits per heavy atom. The van der Waals surface area contributed by atoms with E-state index in [0.717, 1.165) is 5.56 Å². The Labute approximate surface area is 102 Å². The molecule has 0 saturated heterocycles. The predicted octanol–water partition coefficient (Wildman–Crippen LogP) is 3.17. The Bertz CT molecular complexity index is 316. The second kappa shape index (κ2) is 7.47. The molecule has 2 aromatic rings. The number of aryl methyl sites for hydroxylation is 1. The van der Waals surface area contributed by atoms with Crippen LogP contribution in [0.2, 0.25) is 0 Å². The van der Waals surface area contributed by atoms with Crippen LogP contribution in [0.3, 0.4) is 0 Å². The van der Waals surface area contributed by atoms with Crippen molar-refractivity contribution < 1.29 is 22.2 Å². The van der Waals surface area contributed by atoms with E-state index in [2.05, 4.69) is 0 Å². The summed E-state index contributed by atoms with van der Waals surface area (Å²) >= 11 is 0. The van der Waals surface area contributed by atoms with Gasteiger partial charge in [0, 0.05) is 23.2 Å². The summed E-state index contributed by atoms with van der Waals surface area (Å²) in [6, 6.07) is 15.9. The maximum atomic E-state index is 9.04. The maximum absolute atomic E-state index is 9.04. The number of aliphatic hydroxyl groups excluding tert-OH is 1. The summed E-state index contributed by atoms with van der Waals surface area (Å²) in [5.41, 5.74) is 2.22. The van der Waals surface area contributed by atoms with E-state index in [1.54, 1.807) is 6.92 Å². The van der Waals surface area contributed by atoms with Gasteiger partial charge in [0.15, 0.2) is 0 Å². The van der Waals surface area contributed by atoms with Crippen molar-refractivity contribution in [2.45, 2.75) is 20.0 Å². The third-order valence-corrected chi connectivity index (χ3v) is 1.97. The Balaban J connectivity index is 0.000000280. The molecular weight excluding hydrogens is 228 g/mol. The Morgan fingerprint density at radius 1 is 1.27 bits per heavy atom. The number of hydrogen-bond donors (Lipinski definition) is 1. The summed E-state index contributed by atoms with van der Waals surface area (Å²) in [5.74, 6) is 0. The van der Waals surface area contributed by atoms with Crippen molar-refractivity contribution in [1.82, 2.24) is 0 Å². The molecule has 15 heavy (non-hydrogen) atoms. The molecule has 0 saturated carbocycles. The molecule has 84 valence electrons. The Morgan fingerprint density at radius 3 is 2.07 bits per heavy atom. The van der Waals surface area contributed by atoms with Crippen molar-refractivity contribution in [3.63, 3.8) is 0 Å². The zero-order valence-electron chi connectivity index (χ0n) is 9.00. The number of hydrogen-bond acceptors (Lipinski definition) is 1. The topological polar surface area (TPSA) is 20.2 Å². The van der Waals surface area contributed by atoms with Gasteiger partial charge in [-0.25, -0.2) is 18.2 Å². The van der Waals surface area contributed by atoms with Crippen molar-refractivity contribution >= 4 is 0 Å². The molecule has 0 aliphatic rings. The maximum Gasteiger partial charge on any atom is 0.0225 e. The van der Waals surface area contributed by atoms with Gasteiger partial charge in [-0.15, -0.1) is 0 Å². The van der Waals surface area contributed by atoms with Gasteiger partial charge in [0.05, 0.1) is 0 Å². The standard InChI is InChI=1S/C8H11O.C5H5.Fe/c1-6-3-4-8(5-6)7(2)9;1-2-4-5-3-1;/h3-5,7,9H,1-2H3;1-5H;/q2*-1;. The normalized spacial score (nSPS) is 10.9. The molecule has 0 aromatic heterocycles. The summed E-state index contributed by atoms with van der Waals surface area (Å²) < 4.78 is 0. The summed E-state index contributed by atoms with van der Waals surface area (Å²) in [4.78, 5) is 0. The molecule has 0 amide bonds. The first-order valence-electron chi connectivity index (χ1n) is 4.78. The molecule has 1 unspecified atom stereocenters. The van der Waals surface area contributed by atoms with Crippen LogP contribution in [-0.2, 0) is 17.1 Å². The molecule has 0 fully saturated rings. The zero-order valence-corrected chi connectivity index (χ0v) is 10.1. The molecule has 2 aromatic carbocycles. The summed E-state index contributed by atoms with van der Waals surface area (Å²) in [5, 5.41) is 9.04. The van der Waals surface area contributed by atoms with E-state index < -0.39 is 0 Å². The fourth-order valence-electron chi connectivity index (χ4n) is 1.17. The average molecular weight is 244 g/mol. The van der Waals surface area contributed by atoms with Gasteiger partial charge in [0.2, 0.25) is 0 Å². The monoisotopic (exact) mass is 244 g/mol. The van der Waals surface area contributed by atoms with Crippen LogP contribution in [0.4, 0.5) is 0 Å². The van der Waals surface area contributed by atoms with Gasteiger partial charge >= 0.3 is 0 Å². The number of rotatable bonds is 1. The minimum atomic E-state index is -0.321. The van der Waals surface area contributed by atoms with Crippen LogP contribution in [0.1, 0.15) is 24.2 Å². The molecule has 0 aliphatic heterocycles. The van der Waals surface area contributed by atoms with Crippen molar-refractivity contribution in [3.05, 3.63) is 59.7 Å². The molecule has 0 spiro atoms. The summed E-state index contributed by atoms with van der Waals surface area (Å²) in [6.07, 6.45) is -0.321. The molecule has 1 atom stereocenters. The van der Waals surface area contributed by atoms with E-state index >= 15 is 0 Å². The van der Waals surface area contributed by atoms with Crippen molar-refractivity contribution in [2.24, 2.45) is 0 Å². The number of aliphatic hydroxyl groups is 1. The van der Waals surface area contributed by atoms with Crippen LogP contribution in [0.25, 0.3) is 0 Å². The summed E-state index contributed by atoms with van der Waals surface area (Å²) in [7, 11) is 0. The van der Waals surface area contributed by atoms with E-state index in [-0.39, 0.29) is 23.2 Å². The first-order valence-corrected chi connectivity index (χ1v) is 4.78. The van der Waals surface area contributed by atoms with Gasteiger partial charge in [-0.1, -0.05) is 6.92 Å². The minimum Gasteiger partial charge on any atom is -0.402 e. The fraction of sp³-hybridized carbons (Fsp3) is 0.231. The quantitative estimate of drug-likeness (QED) is 0.603. The van der Waals surface area contributed by atoms with Crippen LogP contribution in [-0.4, -0.2) is 5.11 Å². The molecule has 0 heterocycles. The molecule has 0 bridgehead atoms. The van der Waals surface area contributed by atoms with E-state index in [1.165, 1.54) is 5.56 Å². The van der Waals surface area contributed by atoms with Gasteiger partial charge in [0.25, 0.3) is 0 Å². The molecule has 2 rings (SSSR count). The second-order valence-corrected chi connectivity index (χ2v) is 3.36. The third-order valence-electron chi connectivity index (χ3n) is 1.97. The van der Waals surface area contributed by atoms with E-state index in [9.17, 15) is 0 Å². The Hall–Kier alpha value is -0.821. The first-order chi connectivity index (χ1) is 6.70. The second-order valence-electron chi connectivity index (χ2n) is 3.36. The van der Waals surface area contributed by atoms with E-state index in [4.69, 9.17) is 5.11 Å². The SMILES string of the molecule is Cc1cc(C(C)O)c[cH-]1.[Fe].c1cc[cH-]c1. The zero-order chi connectivity index (χ0) is 10.4. The predicted molar refractivity (Wildman–Crippen MR) is 59.4 cm³/mol. The van der Waals surface area contributed by atoms with E-state index in [1.807, 2.05) is 55.5 Å². The van der Waals surface area contributed by atoms with Crippen molar-refractivity contribution in [1.29, 1.82) is 0 Å². The van der Waals surface area contributed by atoms with Gasteiger partial charge in [0.1, 0.15) is 0 Å². The van der Waals surface area contributed by atoms with E-state index in [0.29, 0.717) is 0 Å². The van der Waals surface area contributed by atoms with Crippen LogP contribution in [0, 0.1) is 6.92 Å². The first kappa shape index (κ1) is 14.2. The molecule has 0 radical (unpaired) electrons. The van der Waals surface area contributed by atoms with Crippen LogP contribution < -0.4 is 0 Å². The van der Waals surface area contributed by atoms with Crippen LogP contribution >= 0.6 is 0 Å². The Kier molecular flexibility index (Phi) is 7.06. The van der Waals surface area contributed by atoms with Gasteiger partial charge in [-0.2, -0.15) is 41.5 Å². The molecule has 1 N–H and O–H groups in total. The van der Waals surface area contributed by atoms with Crippen molar-refractivity contribution in [2.75, 3.05) is 0 Å². The van der Waals surface area contributed by atoms with Gasteiger partial charge in [-0.3, -0.25) is 0 Å². The largest absolute Gasteiger partial charge is 0.402 e. The molecule has 0 aliphatic carbocycles. The van der Waals surface area contributed by atoms with Crippen molar-refractivity contribution in [3.8, 4) is 0 Å².